The van der Waals surface area contributed by atoms with Crippen LogP contribution in [0.4, 0.5) is 4.79 Å². The minimum absolute atomic E-state index is 0. The van der Waals surface area contributed by atoms with E-state index in [1.165, 1.54) is 5.01 Å². The van der Waals surface area contributed by atoms with E-state index < -0.39 is 0 Å². The smallest absolute Gasteiger partial charge is 0.358 e. The highest BCUT2D eigenvalue weighted by Gasteiger charge is 2.16. The van der Waals surface area contributed by atoms with E-state index in [0.717, 1.165) is 11.3 Å². The predicted molar refractivity (Wildman–Crippen MR) is 63.8 cm³/mol. The maximum Gasteiger partial charge on any atom is 0.358 e. The highest BCUT2D eigenvalue weighted by atomic mass is 16.2. The van der Waals surface area contributed by atoms with Gasteiger partial charge in [-0.1, -0.05) is 6.07 Å². The van der Waals surface area contributed by atoms with Gasteiger partial charge in [0.1, 0.15) is 0 Å². The van der Waals surface area contributed by atoms with Gasteiger partial charge in [0.05, 0.1) is 18.5 Å². The number of hydrogen-bond donors (Lipinski definition) is 1. The second-order valence-corrected chi connectivity index (χ2v) is 3.35. The second kappa shape index (κ2) is 5.71. The largest absolute Gasteiger partial charge is 0.412 e. The summed E-state index contributed by atoms with van der Waals surface area (Å²) in [5.74, 6) is 0. The maximum atomic E-state index is 11.3. The van der Waals surface area contributed by atoms with E-state index >= 15 is 0 Å². The number of nitrogens with one attached hydrogen (secondary N) is 1. The number of pyridine rings is 1. The Balaban J connectivity index is 0.00000144. The van der Waals surface area contributed by atoms with Crippen molar-refractivity contribution in [3.05, 3.63) is 30.1 Å². The first-order valence-corrected chi connectivity index (χ1v) is 4.80. The molecule has 2 amide bonds. The van der Waals surface area contributed by atoms with Gasteiger partial charge in [-0.3, -0.25) is 4.98 Å². The fourth-order valence-corrected chi connectivity index (χ4v) is 1.21. The highest BCUT2D eigenvalue weighted by Crippen LogP contribution is 1.99. The van der Waals surface area contributed by atoms with Crippen LogP contribution in [-0.2, 0) is 0 Å². The zero-order valence-electron chi connectivity index (χ0n) is 9.29. The van der Waals surface area contributed by atoms with Crippen LogP contribution in [0.1, 0.15) is 12.5 Å². The second-order valence-electron chi connectivity index (χ2n) is 3.35. The lowest BCUT2D eigenvalue weighted by Crippen LogP contribution is -2.42. The fourth-order valence-electron chi connectivity index (χ4n) is 1.21. The molecule has 2 rings (SSSR count). The number of carbonyl (C=O) groups excluding carboxylic acids is 1. The average molecular weight is 235 g/mol. The Morgan fingerprint density at radius 1 is 1.59 bits per heavy atom. The molecule has 17 heavy (non-hydrogen) atoms. The summed E-state index contributed by atoms with van der Waals surface area (Å²) in [7, 11) is 0. The molecule has 90 valence electrons. The Morgan fingerprint density at radius 2 is 2.41 bits per heavy atom. The monoisotopic (exact) mass is 235 g/mol. The van der Waals surface area contributed by atoms with Crippen molar-refractivity contribution in [1.29, 1.82) is 0 Å². The molecule has 0 spiro atoms. The summed E-state index contributed by atoms with van der Waals surface area (Å²) >= 11 is 0. The van der Waals surface area contributed by atoms with E-state index in [9.17, 15) is 4.79 Å². The number of urea groups is 1. The van der Waals surface area contributed by atoms with E-state index in [-0.39, 0.29) is 11.5 Å². The molecule has 0 saturated carbocycles. The van der Waals surface area contributed by atoms with Gasteiger partial charge in [0, 0.05) is 18.0 Å². The molecule has 0 aromatic carbocycles. The molecule has 0 fully saturated rings. The molecule has 1 aromatic heterocycles. The molecule has 0 bridgehead atoms. The highest BCUT2D eigenvalue weighted by molar-refractivity contribution is 5.92. The van der Waals surface area contributed by atoms with Crippen LogP contribution >= 0.6 is 0 Å². The van der Waals surface area contributed by atoms with Crippen LogP contribution in [0, 0.1) is 0 Å². The van der Waals surface area contributed by atoms with Gasteiger partial charge >= 0.3 is 6.03 Å². The lowest BCUT2D eigenvalue weighted by atomic mass is 10.3. The van der Waals surface area contributed by atoms with Crippen molar-refractivity contribution in [2.75, 3.05) is 6.54 Å². The molecule has 0 unspecified atom stereocenters. The van der Waals surface area contributed by atoms with Crippen LogP contribution < -0.4 is 5.43 Å². The third-order valence-corrected chi connectivity index (χ3v) is 1.99. The molecule has 7 heteroatoms. The molecule has 0 atom stereocenters. The van der Waals surface area contributed by atoms with Gasteiger partial charge in [0.15, 0.2) is 0 Å². The molecule has 0 radical (unpaired) electrons. The number of aromatic nitrogens is 1. The zero-order chi connectivity index (χ0) is 11.4. The van der Waals surface area contributed by atoms with E-state index in [2.05, 4.69) is 20.6 Å². The van der Waals surface area contributed by atoms with E-state index in [1.54, 1.807) is 18.6 Å². The van der Waals surface area contributed by atoms with E-state index in [4.69, 9.17) is 0 Å². The Labute approximate surface area is 98.2 Å². The molecule has 0 aliphatic carbocycles. The Kier molecular flexibility index (Phi) is 4.29. The quantitative estimate of drug-likeness (QED) is 0.729. The summed E-state index contributed by atoms with van der Waals surface area (Å²) in [6.45, 7) is 2.23. The Morgan fingerprint density at radius 3 is 3.12 bits per heavy atom. The Hall–Kier alpha value is -2.28. The number of nitrogens with zero attached hydrogens (tertiary/aromatic N) is 4. The minimum Gasteiger partial charge on any atom is -0.412 e. The third kappa shape index (κ3) is 3.35. The summed E-state index contributed by atoms with van der Waals surface area (Å²) in [5, 5.41) is 9.18. The first-order valence-electron chi connectivity index (χ1n) is 4.80. The van der Waals surface area contributed by atoms with Gasteiger partial charge in [0.2, 0.25) is 0 Å². The fraction of sp³-hybridized carbons (Fsp3) is 0.200. The van der Waals surface area contributed by atoms with E-state index in [0.29, 0.717) is 6.54 Å². The molecule has 3 N–H and O–H groups in total. The average Bonchev–Trinajstić information content (AvgIpc) is 2.32. The normalized spacial score (nSPS) is 15.2. The molecule has 1 aromatic rings. The van der Waals surface area contributed by atoms with Crippen LogP contribution in [0.5, 0.6) is 0 Å². The SMILES string of the molecule is CC1=NNC(=O)N(/N=C/c2cccnc2)C1.O. The maximum absolute atomic E-state index is 11.3. The lowest BCUT2D eigenvalue weighted by molar-refractivity contribution is 0.204. The number of carbonyl (C=O) groups is 1. The van der Waals surface area contributed by atoms with Crippen molar-refractivity contribution in [3.8, 4) is 0 Å². The summed E-state index contributed by atoms with van der Waals surface area (Å²) in [4.78, 5) is 15.3. The minimum atomic E-state index is -0.328. The lowest BCUT2D eigenvalue weighted by Gasteiger charge is -2.20. The van der Waals surface area contributed by atoms with Gasteiger partial charge in [-0.2, -0.15) is 10.2 Å². The first kappa shape index (κ1) is 12.8. The molecule has 1 aliphatic rings. The van der Waals surface area contributed by atoms with Gasteiger partial charge < -0.3 is 5.48 Å². The van der Waals surface area contributed by atoms with Crippen LogP contribution in [0.15, 0.2) is 34.7 Å². The molecule has 0 saturated heterocycles. The molecule has 1 aliphatic heterocycles. The van der Waals surface area contributed by atoms with Crippen molar-refractivity contribution >= 4 is 18.0 Å². The molecule has 2 heterocycles. The van der Waals surface area contributed by atoms with Crippen molar-refractivity contribution in [1.82, 2.24) is 15.4 Å². The summed E-state index contributed by atoms with van der Waals surface area (Å²) in [6.07, 6.45) is 4.94. The number of hydrazone groups is 2. The van der Waals surface area contributed by atoms with Gasteiger partial charge in [-0.15, -0.1) is 0 Å². The van der Waals surface area contributed by atoms with Crippen LogP contribution in [0.25, 0.3) is 0 Å². The molecule has 7 nitrogen and oxygen atoms in total. The molecular formula is C10H13N5O2. The van der Waals surface area contributed by atoms with E-state index in [1.807, 2.05) is 19.1 Å². The molecular weight excluding hydrogens is 222 g/mol. The van der Waals surface area contributed by atoms with Crippen LogP contribution in [0.3, 0.4) is 0 Å². The van der Waals surface area contributed by atoms with Gasteiger partial charge in [0.25, 0.3) is 0 Å². The Bertz CT molecular complexity index is 443. The van der Waals surface area contributed by atoms with Gasteiger partial charge in [-0.25, -0.2) is 15.2 Å². The van der Waals surface area contributed by atoms with Crippen LogP contribution in [0.2, 0.25) is 0 Å². The van der Waals surface area contributed by atoms with Crippen molar-refractivity contribution in [2.45, 2.75) is 6.92 Å². The summed E-state index contributed by atoms with van der Waals surface area (Å²) < 4.78 is 0. The number of hydrogen-bond acceptors (Lipinski definition) is 4. The van der Waals surface area contributed by atoms with Crippen molar-refractivity contribution in [2.24, 2.45) is 10.2 Å². The third-order valence-electron chi connectivity index (χ3n) is 1.99. The van der Waals surface area contributed by atoms with Gasteiger partial charge in [-0.05, 0) is 13.0 Å². The zero-order valence-corrected chi connectivity index (χ0v) is 9.29. The summed E-state index contributed by atoms with van der Waals surface area (Å²) in [5.41, 5.74) is 4.02. The summed E-state index contributed by atoms with van der Waals surface area (Å²) in [6, 6.07) is 3.34. The number of rotatable bonds is 2. The van der Waals surface area contributed by atoms with Crippen molar-refractivity contribution in [3.63, 3.8) is 0 Å². The standard InChI is InChI=1S/C10H11N5O.H2O/c1-8-7-15(10(16)14-13-8)12-6-9-3-2-4-11-5-9;/h2-6H,7H2,1H3,(H,14,16);1H2/b12-6+;. The van der Waals surface area contributed by atoms with Crippen molar-refractivity contribution < 1.29 is 10.3 Å². The first-order chi connectivity index (χ1) is 7.75. The topological polar surface area (TPSA) is 101 Å². The van der Waals surface area contributed by atoms with Crippen LogP contribution in [-0.4, -0.2) is 40.0 Å². The number of amides is 2. The predicted octanol–water partition coefficient (Wildman–Crippen LogP) is -0.00810.